The quantitative estimate of drug-likeness (QED) is 0.564. The van der Waals surface area contributed by atoms with Crippen molar-refractivity contribution in [3.63, 3.8) is 0 Å². The molecule has 0 saturated carbocycles. The maximum Gasteiger partial charge on any atom is 0.236 e. The number of nitrogens with two attached hydrogens (primary N) is 1. The molecule has 17 heavy (non-hydrogen) atoms. The van der Waals surface area contributed by atoms with Crippen LogP contribution in [0.2, 0.25) is 0 Å². The highest BCUT2D eigenvalue weighted by Crippen LogP contribution is 1.95. The van der Waals surface area contributed by atoms with E-state index < -0.39 is 0 Å². The maximum atomic E-state index is 11.8. The molecule has 0 aromatic heterocycles. The summed E-state index contributed by atoms with van der Waals surface area (Å²) >= 11 is 4.77. The predicted molar refractivity (Wildman–Crippen MR) is 72.9 cm³/mol. The third-order valence-corrected chi connectivity index (χ3v) is 2.64. The van der Waals surface area contributed by atoms with Crippen molar-refractivity contribution in [2.75, 3.05) is 39.8 Å². The van der Waals surface area contributed by atoms with E-state index in [1.165, 1.54) is 0 Å². The summed E-state index contributed by atoms with van der Waals surface area (Å²) in [5, 5.41) is 8.89. The Morgan fingerprint density at radius 2 is 2.00 bits per heavy atom. The van der Waals surface area contributed by atoms with Gasteiger partial charge >= 0.3 is 0 Å². The zero-order valence-electron chi connectivity index (χ0n) is 10.7. The molecule has 1 amide bonds. The number of aliphatic hydroxyl groups excluding tert-OH is 1. The van der Waals surface area contributed by atoms with Gasteiger partial charge in [0.05, 0.1) is 18.1 Å². The van der Waals surface area contributed by atoms with Crippen molar-refractivity contribution in [3.8, 4) is 0 Å². The van der Waals surface area contributed by atoms with E-state index in [2.05, 4.69) is 0 Å². The standard InChI is InChI=1S/C11H23N3O2S/c1-3-5-14(7-8-15)9-11(16)13(2)6-4-10(12)17/h15H,3-9H2,1-2H3,(H2,12,17). The number of hydrogen-bond acceptors (Lipinski definition) is 4. The number of hydrogen-bond donors (Lipinski definition) is 2. The summed E-state index contributed by atoms with van der Waals surface area (Å²) in [5.74, 6) is 0.0307. The van der Waals surface area contributed by atoms with E-state index in [4.69, 9.17) is 23.1 Å². The summed E-state index contributed by atoms with van der Waals surface area (Å²) in [5.41, 5.74) is 5.39. The monoisotopic (exact) mass is 261 g/mol. The summed E-state index contributed by atoms with van der Waals surface area (Å²) in [6.45, 7) is 4.35. The zero-order valence-corrected chi connectivity index (χ0v) is 11.5. The first-order valence-electron chi connectivity index (χ1n) is 5.86. The molecule has 6 heteroatoms. The molecule has 0 bridgehead atoms. The minimum atomic E-state index is 0.0307. The molecule has 0 aliphatic heterocycles. The van der Waals surface area contributed by atoms with Crippen LogP contribution in [0.3, 0.4) is 0 Å². The van der Waals surface area contributed by atoms with Crippen LogP contribution in [0.25, 0.3) is 0 Å². The molecular weight excluding hydrogens is 238 g/mol. The van der Waals surface area contributed by atoms with Crippen LogP contribution in [0.5, 0.6) is 0 Å². The molecule has 0 atom stereocenters. The number of likely N-dealkylation sites (N-methyl/N-ethyl adjacent to an activating group) is 1. The molecule has 0 fully saturated rings. The van der Waals surface area contributed by atoms with Crippen molar-refractivity contribution in [3.05, 3.63) is 0 Å². The van der Waals surface area contributed by atoms with E-state index in [9.17, 15) is 4.79 Å². The second-order valence-electron chi connectivity index (χ2n) is 4.03. The van der Waals surface area contributed by atoms with Gasteiger partial charge in [-0.15, -0.1) is 0 Å². The van der Waals surface area contributed by atoms with Crippen molar-refractivity contribution in [2.45, 2.75) is 19.8 Å². The number of nitrogens with zero attached hydrogens (tertiary/aromatic N) is 2. The van der Waals surface area contributed by atoms with Gasteiger partial charge in [-0.05, 0) is 13.0 Å². The van der Waals surface area contributed by atoms with Gasteiger partial charge in [0, 0.05) is 26.6 Å². The SMILES string of the molecule is CCCN(CCO)CC(=O)N(C)CCC(N)=S. The van der Waals surface area contributed by atoms with Crippen molar-refractivity contribution in [2.24, 2.45) is 5.73 Å². The molecule has 0 rings (SSSR count). The van der Waals surface area contributed by atoms with Gasteiger partial charge in [0.15, 0.2) is 0 Å². The Labute approximate surface area is 109 Å². The van der Waals surface area contributed by atoms with Crippen LogP contribution < -0.4 is 5.73 Å². The van der Waals surface area contributed by atoms with E-state index in [-0.39, 0.29) is 12.5 Å². The molecule has 0 aromatic rings. The molecule has 0 unspecified atom stereocenters. The predicted octanol–water partition coefficient (Wildman–Crippen LogP) is -0.175. The van der Waals surface area contributed by atoms with Crippen molar-refractivity contribution in [1.82, 2.24) is 9.80 Å². The number of carbonyl (C=O) groups excluding carboxylic acids is 1. The highest BCUT2D eigenvalue weighted by atomic mass is 32.1. The summed E-state index contributed by atoms with van der Waals surface area (Å²) in [4.78, 5) is 15.8. The Morgan fingerprint density at radius 1 is 1.35 bits per heavy atom. The second-order valence-corrected chi connectivity index (χ2v) is 4.56. The Kier molecular flexibility index (Phi) is 8.93. The summed E-state index contributed by atoms with van der Waals surface area (Å²) < 4.78 is 0. The highest BCUT2D eigenvalue weighted by molar-refractivity contribution is 7.80. The third-order valence-electron chi connectivity index (χ3n) is 2.43. The van der Waals surface area contributed by atoms with Gasteiger partial charge in [0.2, 0.25) is 5.91 Å². The molecule has 5 nitrogen and oxygen atoms in total. The van der Waals surface area contributed by atoms with Crippen molar-refractivity contribution >= 4 is 23.1 Å². The average molecular weight is 261 g/mol. The molecule has 0 heterocycles. The second kappa shape index (κ2) is 9.32. The van der Waals surface area contributed by atoms with Crippen molar-refractivity contribution < 1.29 is 9.90 Å². The van der Waals surface area contributed by atoms with Gasteiger partial charge in [-0.2, -0.15) is 0 Å². The fraction of sp³-hybridized carbons (Fsp3) is 0.818. The molecule has 0 radical (unpaired) electrons. The van der Waals surface area contributed by atoms with Gasteiger partial charge in [-0.1, -0.05) is 19.1 Å². The van der Waals surface area contributed by atoms with E-state index in [0.717, 1.165) is 13.0 Å². The van der Waals surface area contributed by atoms with E-state index in [1.54, 1.807) is 11.9 Å². The maximum absolute atomic E-state index is 11.8. The van der Waals surface area contributed by atoms with Crippen LogP contribution in [0.15, 0.2) is 0 Å². The van der Waals surface area contributed by atoms with Crippen LogP contribution in [0.4, 0.5) is 0 Å². The Balaban J connectivity index is 4.05. The number of aliphatic hydroxyl groups is 1. The first kappa shape index (κ1) is 16.3. The summed E-state index contributed by atoms with van der Waals surface area (Å²) in [6, 6.07) is 0. The van der Waals surface area contributed by atoms with E-state index in [1.807, 2.05) is 11.8 Å². The lowest BCUT2D eigenvalue weighted by Gasteiger charge is -2.24. The normalized spacial score (nSPS) is 10.6. The fourth-order valence-electron chi connectivity index (χ4n) is 1.44. The zero-order chi connectivity index (χ0) is 13.3. The molecule has 0 aliphatic rings. The third kappa shape index (κ3) is 8.06. The van der Waals surface area contributed by atoms with Gasteiger partial charge in [-0.3, -0.25) is 9.69 Å². The van der Waals surface area contributed by atoms with Crippen LogP contribution in [0, 0.1) is 0 Å². The molecule has 0 aromatic carbocycles. The summed E-state index contributed by atoms with van der Waals surface area (Å²) in [6.07, 6.45) is 1.51. The van der Waals surface area contributed by atoms with Crippen LogP contribution in [-0.2, 0) is 4.79 Å². The molecule has 0 saturated heterocycles. The van der Waals surface area contributed by atoms with E-state index >= 15 is 0 Å². The molecular formula is C11H23N3O2S. The number of amides is 1. The molecule has 100 valence electrons. The van der Waals surface area contributed by atoms with Gasteiger partial charge < -0.3 is 15.7 Å². The molecule has 0 spiro atoms. The van der Waals surface area contributed by atoms with Gasteiger partial charge in [0.1, 0.15) is 0 Å². The smallest absolute Gasteiger partial charge is 0.236 e. The average Bonchev–Trinajstić information content (AvgIpc) is 2.26. The largest absolute Gasteiger partial charge is 0.395 e. The minimum Gasteiger partial charge on any atom is -0.395 e. The lowest BCUT2D eigenvalue weighted by Crippen LogP contribution is -2.40. The molecule has 0 aliphatic carbocycles. The Morgan fingerprint density at radius 3 is 2.47 bits per heavy atom. The van der Waals surface area contributed by atoms with Gasteiger partial charge in [-0.25, -0.2) is 0 Å². The first-order valence-corrected chi connectivity index (χ1v) is 6.27. The van der Waals surface area contributed by atoms with Crippen LogP contribution in [0.1, 0.15) is 19.8 Å². The first-order chi connectivity index (χ1) is 8.01. The lowest BCUT2D eigenvalue weighted by atomic mass is 10.3. The Hall–Kier alpha value is -0.720. The number of thiocarbonyl (C=S) groups is 1. The highest BCUT2D eigenvalue weighted by Gasteiger charge is 2.13. The topological polar surface area (TPSA) is 69.8 Å². The van der Waals surface area contributed by atoms with Crippen LogP contribution in [-0.4, -0.2) is 65.6 Å². The minimum absolute atomic E-state index is 0.0307. The fourth-order valence-corrected chi connectivity index (χ4v) is 1.53. The van der Waals surface area contributed by atoms with E-state index in [0.29, 0.717) is 31.0 Å². The number of rotatable bonds is 9. The Bertz CT molecular complexity index is 243. The summed E-state index contributed by atoms with van der Waals surface area (Å²) in [7, 11) is 1.74. The number of carbonyl (C=O) groups is 1. The van der Waals surface area contributed by atoms with Crippen LogP contribution >= 0.6 is 12.2 Å². The van der Waals surface area contributed by atoms with Crippen molar-refractivity contribution in [1.29, 1.82) is 0 Å². The lowest BCUT2D eigenvalue weighted by molar-refractivity contribution is -0.131. The molecule has 3 N–H and O–H groups in total. The van der Waals surface area contributed by atoms with Gasteiger partial charge in [0.25, 0.3) is 0 Å².